The molecule has 0 fully saturated rings. The predicted molar refractivity (Wildman–Crippen MR) is 52.7 cm³/mol. The summed E-state index contributed by atoms with van der Waals surface area (Å²) in [7, 11) is 1.62. The molecular weight excluding hydrogens is 164 g/mol. The van der Waals surface area contributed by atoms with Gasteiger partial charge in [0.05, 0.1) is 13.4 Å². The molecule has 0 aliphatic carbocycles. The van der Waals surface area contributed by atoms with E-state index in [2.05, 4.69) is 0 Å². The number of methoxy groups -OCH3 is 1. The van der Waals surface area contributed by atoms with E-state index in [4.69, 9.17) is 4.74 Å². The summed E-state index contributed by atoms with van der Waals surface area (Å²) >= 11 is 0. The first-order chi connectivity index (χ1) is 6.24. The molecule has 1 rings (SSSR count). The Morgan fingerprint density at radius 3 is 2.85 bits per heavy atom. The summed E-state index contributed by atoms with van der Waals surface area (Å²) in [6, 6.07) is 7.23. The molecule has 1 unspecified atom stereocenters. The number of hydrogen-bond donors (Lipinski definition) is 1. The van der Waals surface area contributed by atoms with Crippen LogP contribution >= 0.6 is 0 Å². The highest BCUT2D eigenvalue weighted by molar-refractivity contribution is 5.31. The van der Waals surface area contributed by atoms with Crippen LogP contribution < -0.4 is 0 Å². The summed E-state index contributed by atoms with van der Waals surface area (Å²) in [6.45, 7) is 2.05. The molecule has 1 N–H and O–H groups in total. The van der Waals surface area contributed by atoms with Crippen LogP contribution in [0.15, 0.2) is 36.6 Å². The molecule has 2 nitrogen and oxygen atoms in total. The summed E-state index contributed by atoms with van der Waals surface area (Å²) in [5.74, 6) is 0.558. The topological polar surface area (TPSA) is 29.5 Å². The van der Waals surface area contributed by atoms with E-state index in [1.54, 1.807) is 25.5 Å². The van der Waals surface area contributed by atoms with Crippen molar-refractivity contribution in [2.24, 2.45) is 0 Å². The molecule has 1 aromatic carbocycles. The lowest BCUT2D eigenvalue weighted by molar-refractivity contribution is 0.336. The third-order valence-corrected chi connectivity index (χ3v) is 1.90. The zero-order valence-corrected chi connectivity index (χ0v) is 7.90. The standard InChI is InChI=1S/C11H14O2/c1-9(6-7-13-2)10-4-3-5-11(12)8-10/h3-9,12H,1-2H3. The van der Waals surface area contributed by atoms with Crippen molar-refractivity contribution in [2.75, 3.05) is 7.11 Å². The summed E-state index contributed by atoms with van der Waals surface area (Å²) in [6.07, 6.45) is 3.59. The zero-order valence-electron chi connectivity index (χ0n) is 7.90. The Hall–Kier alpha value is -1.44. The van der Waals surface area contributed by atoms with Gasteiger partial charge in [-0.15, -0.1) is 0 Å². The minimum atomic E-state index is 0.257. The second kappa shape index (κ2) is 4.55. The Bertz CT molecular complexity index is 292. The predicted octanol–water partition coefficient (Wildman–Crippen LogP) is 2.66. The number of benzene rings is 1. The molecule has 1 aromatic rings. The Labute approximate surface area is 78.5 Å². The lowest BCUT2D eigenvalue weighted by Gasteiger charge is -2.06. The van der Waals surface area contributed by atoms with Crippen LogP contribution in [0.3, 0.4) is 0 Å². The lowest BCUT2D eigenvalue weighted by Crippen LogP contribution is -1.88. The van der Waals surface area contributed by atoms with Gasteiger partial charge >= 0.3 is 0 Å². The Morgan fingerprint density at radius 1 is 1.46 bits per heavy atom. The van der Waals surface area contributed by atoms with Gasteiger partial charge in [0, 0.05) is 5.92 Å². The molecule has 0 radical (unpaired) electrons. The quantitative estimate of drug-likeness (QED) is 0.721. The molecule has 0 amide bonds. The van der Waals surface area contributed by atoms with Gasteiger partial charge in [-0.05, 0) is 23.8 Å². The van der Waals surface area contributed by atoms with Gasteiger partial charge in [0.25, 0.3) is 0 Å². The zero-order chi connectivity index (χ0) is 9.68. The van der Waals surface area contributed by atoms with Gasteiger partial charge in [-0.25, -0.2) is 0 Å². The van der Waals surface area contributed by atoms with Crippen molar-refractivity contribution in [1.82, 2.24) is 0 Å². The average Bonchev–Trinajstić information content (AvgIpc) is 2.14. The van der Waals surface area contributed by atoms with Gasteiger partial charge in [-0.1, -0.05) is 19.1 Å². The number of aromatic hydroxyl groups is 1. The molecule has 0 bridgehead atoms. The molecule has 2 heteroatoms. The van der Waals surface area contributed by atoms with Crippen molar-refractivity contribution in [3.63, 3.8) is 0 Å². The molecule has 13 heavy (non-hydrogen) atoms. The van der Waals surface area contributed by atoms with E-state index in [0.29, 0.717) is 5.75 Å². The van der Waals surface area contributed by atoms with Crippen molar-refractivity contribution in [2.45, 2.75) is 12.8 Å². The maximum absolute atomic E-state index is 9.23. The monoisotopic (exact) mass is 178 g/mol. The van der Waals surface area contributed by atoms with Crippen LogP contribution in [0.1, 0.15) is 18.4 Å². The fourth-order valence-corrected chi connectivity index (χ4v) is 1.12. The van der Waals surface area contributed by atoms with E-state index in [1.807, 2.05) is 25.1 Å². The summed E-state index contributed by atoms with van der Waals surface area (Å²) in [5, 5.41) is 9.23. The SMILES string of the molecule is COC=CC(C)c1cccc(O)c1. The lowest BCUT2D eigenvalue weighted by atomic mass is 10.0. The molecule has 1 atom stereocenters. The van der Waals surface area contributed by atoms with E-state index in [9.17, 15) is 5.11 Å². The minimum Gasteiger partial charge on any atom is -0.508 e. The normalized spacial score (nSPS) is 13.1. The third-order valence-electron chi connectivity index (χ3n) is 1.90. The molecule has 0 aliphatic rings. The van der Waals surface area contributed by atoms with Gasteiger partial charge in [-0.2, -0.15) is 0 Å². The van der Waals surface area contributed by atoms with Crippen molar-refractivity contribution < 1.29 is 9.84 Å². The van der Waals surface area contributed by atoms with Gasteiger partial charge in [0.15, 0.2) is 0 Å². The van der Waals surface area contributed by atoms with Gasteiger partial charge in [0.1, 0.15) is 5.75 Å². The molecule has 0 heterocycles. The van der Waals surface area contributed by atoms with E-state index < -0.39 is 0 Å². The van der Waals surface area contributed by atoms with Crippen LogP contribution in [0.5, 0.6) is 5.75 Å². The van der Waals surface area contributed by atoms with Crippen molar-refractivity contribution in [3.8, 4) is 5.75 Å². The number of hydrogen-bond acceptors (Lipinski definition) is 2. The van der Waals surface area contributed by atoms with Crippen LogP contribution in [0.4, 0.5) is 0 Å². The molecular formula is C11H14O2. The van der Waals surface area contributed by atoms with E-state index in [-0.39, 0.29) is 5.92 Å². The first kappa shape index (κ1) is 9.65. The Kier molecular flexibility index (Phi) is 3.38. The van der Waals surface area contributed by atoms with Gasteiger partial charge in [0.2, 0.25) is 0 Å². The largest absolute Gasteiger partial charge is 0.508 e. The molecule has 0 spiro atoms. The number of phenols is 1. The minimum absolute atomic E-state index is 0.257. The van der Waals surface area contributed by atoms with Crippen LogP contribution in [-0.2, 0) is 4.74 Å². The second-order valence-corrected chi connectivity index (χ2v) is 2.95. The molecule has 0 saturated heterocycles. The highest BCUT2D eigenvalue weighted by Crippen LogP contribution is 2.20. The summed E-state index contributed by atoms with van der Waals surface area (Å²) in [4.78, 5) is 0. The highest BCUT2D eigenvalue weighted by atomic mass is 16.5. The third kappa shape index (κ3) is 2.82. The Morgan fingerprint density at radius 2 is 2.23 bits per heavy atom. The van der Waals surface area contributed by atoms with Crippen LogP contribution in [-0.4, -0.2) is 12.2 Å². The van der Waals surface area contributed by atoms with E-state index in [1.165, 1.54) is 0 Å². The van der Waals surface area contributed by atoms with Gasteiger partial charge < -0.3 is 9.84 Å². The molecule has 0 saturated carbocycles. The van der Waals surface area contributed by atoms with Gasteiger partial charge in [-0.3, -0.25) is 0 Å². The highest BCUT2D eigenvalue weighted by Gasteiger charge is 2.01. The first-order valence-corrected chi connectivity index (χ1v) is 4.22. The maximum Gasteiger partial charge on any atom is 0.115 e. The number of phenolic OH excluding ortho intramolecular Hbond substituents is 1. The maximum atomic E-state index is 9.23. The summed E-state index contributed by atoms with van der Waals surface area (Å²) in [5.41, 5.74) is 1.08. The van der Waals surface area contributed by atoms with Crippen LogP contribution in [0, 0.1) is 0 Å². The Balaban J connectivity index is 2.76. The summed E-state index contributed by atoms with van der Waals surface area (Å²) < 4.78 is 4.82. The van der Waals surface area contributed by atoms with E-state index >= 15 is 0 Å². The average molecular weight is 178 g/mol. The van der Waals surface area contributed by atoms with Crippen molar-refractivity contribution in [3.05, 3.63) is 42.2 Å². The van der Waals surface area contributed by atoms with E-state index in [0.717, 1.165) is 5.56 Å². The number of allylic oxidation sites excluding steroid dienone is 1. The molecule has 70 valence electrons. The fourth-order valence-electron chi connectivity index (χ4n) is 1.12. The molecule has 0 aliphatic heterocycles. The van der Waals surface area contributed by atoms with Crippen LogP contribution in [0.2, 0.25) is 0 Å². The number of ether oxygens (including phenoxy) is 1. The number of rotatable bonds is 3. The van der Waals surface area contributed by atoms with Crippen molar-refractivity contribution >= 4 is 0 Å². The first-order valence-electron chi connectivity index (χ1n) is 4.22. The van der Waals surface area contributed by atoms with Crippen LogP contribution in [0.25, 0.3) is 0 Å². The second-order valence-electron chi connectivity index (χ2n) is 2.95. The molecule has 0 aromatic heterocycles. The fraction of sp³-hybridized carbons (Fsp3) is 0.273. The van der Waals surface area contributed by atoms with Crippen molar-refractivity contribution in [1.29, 1.82) is 0 Å². The smallest absolute Gasteiger partial charge is 0.115 e.